The molecule has 3 heteroatoms. The van der Waals surface area contributed by atoms with Crippen LogP contribution < -0.4 is 4.74 Å². The molecule has 0 fully saturated rings. The van der Waals surface area contributed by atoms with Crippen molar-refractivity contribution in [3.05, 3.63) is 42.2 Å². The molecular formula is C11H13FO2. The molecule has 1 rings (SSSR count). The maximum atomic E-state index is 13.3. The third-order valence-corrected chi connectivity index (χ3v) is 1.80. The van der Waals surface area contributed by atoms with Crippen LogP contribution in [0, 0.1) is 5.82 Å². The van der Waals surface area contributed by atoms with E-state index in [2.05, 4.69) is 6.58 Å². The first-order valence-corrected chi connectivity index (χ1v) is 4.36. The summed E-state index contributed by atoms with van der Waals surface area (Å²) in [6.07, 6.45) is 0.875. The van der Waals surface area contributed by atoms with Crippen LogP contribution in [0.1, 0.15) is 18.6 Å². The van der Waals surface area contributed by atoms with Crippen molar-refractivity contribution in [2.24, 2.45) is 0 Å². The average Bonchev–Trinajstić information content (AvgIpc) is 2.15. The molecule has 1 aromatic carbocycles. The molecule has 0 unspecified atom stereocenters. The molecule has 14 heavy (non-hydrogen) atoms. The highest BCUT2D eigenvalue weighted by Gasteiger charge is 2.06. The van der Waals surface area contributed by atoms with Crippen molar-refractivity contribution in [1.82, 2.24) is 0 Å². The van der Waals surface area contributed by atoms with Gasteiger partial charge < -0.3 is 9.84 Å². The number of hydrogen-bond donors (Lipinski definition) is 1. The summed E-state index contributed by atoms with van der Waals surface area (Å²) in [4.78, 5) is 0. The predicted octanol–water partition coefficient (Wildman–Crippen LogP) is 2.44. The molecule has 76 valence electrons. The Balaban J connectivity index is 2.84. The number of aliphatic hydroxyl groups excluding tert-OH is 1. The smallest absolute Gasteiger partial charge is 0.165 e. The fourth-order valence-electron chi connectivity index (χ4n) is 1.04. The predicted molar refractivity (Wildman–Crippen MR) is 52.7 cm³/mol. The molecule has 0 bridgehead atoms. The van der Waals surface area contributed by atoms with E-state index in [1.165, 1.54) is 12.1 Å². The Hall–Kier alpha value is -1.35. The lowest BCUT2D eigenvalue weighted by Crippen LogP contribution is -1.98. The highest BCUT2D eigenvalue weighted by Crippen LogP contribution is 2.21. The monoisotopic (exact) mass is 196 g/mol. The Kier molecular flexibility index (Phi) is 3.65. The number of halogens is 1. The van der Waals surface area contributed by atoms with E-state index in [1.807, 2.05) is 0 Å². The van der Waals surface area contributed by atoms with Crippen LogP contribution in [0.5, 0.6) is 5.75 Å². The largest absolute Gasteiger partial charge is 0.486 e. The van der Waals surface area contributed by atoms with E-state index in [9.17, 15) is 9.50 Å². The van der Waals surface area contributed by atoms with Crippen LogP contribution >= 0.6 is 0 Å². The molecular weight excluding hydrogens is 183 g/mol. The van der Waals surface area contributed by atoms with E-state index in [-0.39, 0.29) is 12.4 Å². The molecule has 1 N–H and O–H groups in total. The zero-order valence-corrected chi connectivity index (χ0v) is 8.03. The second kappa shape index (κ2) is 4.77. The van der Waals surface area contributed by atoms with E-state index in [0.717, 1.165) is 0 Å². The minimum atomic E-state index is -0.669. The molecule has 0 aromatic heterocycles. The van der Waals surface area contributed by atoms with Crippen LogP contribution in [0.15, 0.2) is 30.9 Å². The number of benzene rings is 1. The van der Waals surface area contributed by atoms with Gasteiger partial charge >= 0.3 is 0 Å². The molecule has 0 saturated carbocycles. The molecule has 0 aliphatic carbocycles. The SMILES string of the molecule is C=CCOc1ccc([C@H](C)O)cc1F. The lowest BCUT2D eigenvalue weighted by molar-refractivity contribution is 0.198. The van der Waals surface area contributed by atoms with Crippen molar-refractivity contribution in [2.45, 2.75) is 13.0 Å². The molecule has 0 aliphatic rings. The summed E-state index contributed by atoms with van der Waals surface area (Å²) in [6, 6.07) is 4.40. The number of hydrogen-bond acceptors (Lipinski definition) is 2. The van der Waals surface area contributed by atoms with Crippen LogP contribution in [0.2, 0.25) is 0 Å². The van der Waals surface area contributed by atoms with Gasteiger partial charge in [0.25, 0.3) is 0 Å². The summed E-state index contributed by atoms with van der Waals surface area (Å²) in [5, 5.41) is 9.19. The quantitative estimate of drug-likeness (QED) is 0.749. The summed E-state index contributed by atoms with van der Waals surface area (Å²) in [6.45, 7) is 5.31. The Morgan fingerprint density at radius 2 is 2.36 bits per heavy atom. The van der Waals surface area contributed by atoms with Gasteiger partial charge in [0.2, 0.25) is 0 Å². The van der Waals surface area contributed by atoms with Gasteiger partial charge in [0, 0.05) is 0 Å². The topological polar surface area (TPSA) is 29.5 Å². The number of rotatable bonds is 4. The molecule has 0 amide bonds. The van der Waals surface area contributed by atoms with Crippen molar-refractivity contribution in [3.63, 3.8) is 0 Å². The molecule has 0 saturated heterocycles. The Labute approximate surface area is 82.6 Å². The minimum Gasteiger partial charge on any atom is -0.486 e. The van der Waals surface area contributed by atoms with E-state index >= 15 is 0 Å². The van der Waals surface area contributed by atoms with Crippen molar-refractivity contribution < 1.29 is 14.2 Å². The second-order valence-corrected chi connectivity index (χ2v) is 2.97. The van der Waals surface area contributed by atoms with Gasteiger partial charge in [-0.25, -0.2) is 4.39 Å². The van der Waals surface area contributed by atoms with Crippen LogP contribution in [-0.4, -0.2) is 11.7 Å². The highest BCUT2D eigenvalue weighted by molar-refractivity contribution is 5.30. The van der Waals surface area contributed by atoms with Gasteiger partial charge in [-0.05, 0) is 24.6 Å². The maximum absolute atomic E-state index is 13.3. The fraction of sp³-hybridized carbons (Fsp3) is 0.273. The minimum absolute atomic E-state index is 0.175. The summed E-state index contributed by atoms with van der Waals surface area (Å²) in [5.41, 5.74) is 0.536. The average molecular weight is 196 g/mol. The van der Waals surface area contributed by atoms with E-state index in [0.29, 0.717) is 5.56 Å². The van der Waals surface area contributed by atoms with Gasteiger partial charge in [-0.2, -0.15) is 0 Å². The van der Waals surface area contributed by atoms with Gasteiger partial charge in [-0.1, -0.05) is 18.7 Å². The molecule has 0 radical (unpaired) electrons. The maximum Gasteiger partial charge on any atom is 0.165 e. The molecule has 0 aliphatic heterocycles. The van der Waals surface area contributed by atoms with Crippen LogP contribution in [0.3, 0.4) is 0 Å². The molecule has 0 spiro atoms. The third-order valence-electron chi connectivity index (χ3n) is 1.80. The lowest BCUT2D eigenvalue weighted by atomic mass is 10.1. The van der Waals surface area contributed by atoms with Gasteiger partial charge in [0.15, 0.2) is 11.6 Å². The summed E-state index contributed by atoms with van der Waals surface area (Å²) in [7, 11) is 0. The second-order valence-electron chi connectivity index (χ2n) is 2.97. The normalized spacial score (nSPS) is 12.2. The number of ether oxygens (including phenoxy) is 1. The van der Waals surface area contributed by atoms with Gasteiger partial charge in [-0.3, -0.25) is 0 Å². The summed E-state index contributed by atoms with van der Waals surface area (Å²) < 4.78 is 18.3. The van der Waals surface area contributed by atoms with E-state index < -0.39 is 11.9 Å². The van der Waals surface area contributed by atoms with Gasteiger partial charge in [0.1, 0.15) is 6.61 Å². The zero-order valence-electron chi connectivity index (χ0n) is 8.03. The first-order chi connectivity index (χ1) is 6.65. The van der Waals surface area contributed by atoms with Crippen LogP contribution in [-0.2, 0) is 0 Å². The first-order valence-electron chi connectivity index (χ1n) is 4.36. The lowest BCUT2D eigenvalue weighted by Gasteiger charge is -2.08. The van der Waals surface area contributed by atoms with Gasteiger partial charge in [-0.15, -0.1) is 0 Å². The molecule has 0 heterocycles. The molecule has 2 nitrogen and oxygen atoms in total. The van der Waals surface area contributed by atoms with Crippen LogP contribution in [0.25, 0.3) is 0 Å². The third kappa shape index (κ3) is 2.57. The Morgan fingerprint density at radius 3 is 2.86 bits per heavy atom. The highest BCUT2D eigenvalue weighted by atomic mass is 19.1. The summed E-state index contributed by atoms with van der Waals surface area (Å²) in [5.74, 6) is -0.292. The van der Waals surface area contributed by atoms with Crippen molar-refractivity contribution in [2.75, 3.05) is 6.61 Å². The Morgan fingerprint density at radius 1 is 1.64 bits per heavy atom. The standard InChI is InChI=1S/C11H13FO2/c1-3-6-14-11-5-4-9(8(2)13)7-10(11)12/h3-5,7-8,13H,1,6H2,2H3/t8-/m0/s1. The van der Waals surface area contributed by atoms with E-state index in [1.54, 1.807) is 19.1 Å². The van der Waals surface area contributed by atoms with Crippen molar-refractivity contribution in [1.29, 1.82) is 0 Å². The summed E-state index contributed by atoms with van der Waals surface area (Å²) >= 11 is 0. The van der Waals surface area contributed by atoms with Crippen molar-refractivity contribution >= 4 is 0 Å². The molecule has 1 atom stereocenters. The number of aliphatic hydroxyl groups is 1. The molecule has 1 aromatic rings. The van der Waals surface area contributed by atoms with Crippen LogP contribution in [0.4, 0.5) is 4.39 Å². The van der Waals surface area contributed by atoms with Gasteiger partial charge in [0.05, 0.1) is 6.10 Å². The van der Waals surface area contributed by atoms with Crippen molar-refractivity contribution in [3.8, 4) is 5.75 Å². The fourth-order valence-corrected chi connectivity index (χ4v) is 1.04. The van der Waals surface area contributed by atoms with E-state index in [4.69, 9.17) is 4.74 Å². The first kappa shape index (κ1) is 10.7. The zero-order chi connectivity index (χ0) is 10.6. The Bertz CT molecular complexity index is 321.